The first-order valence-corrected chi connectivity index (χ1v) is 14.4. The van der Waals surface area contributed by atoms with Crippen LogP contribution in [0.3, 0.4) is 0 Å². The molecule has 3 aromatic carbocycles. The van der Waals surface area contributed by atoms with Gasteiger partial charge in [-0.05, 0) is 104 Å². The molecule has 0 unspecified atom stereocenters. The van der Waals surface area contributed by atoms with Crippen molar-refractivity contribution in [3.05, 3.63) is 83.4 Å². The fourth-order valence-corrected chi connectivity index (χ4v) is 5.84. The molecule has 0 atom stereocenters. The summed E-state index contributed by atoms with van der Waals surface area (Å²) in [7, 11) is 4.99. The van der Waals surface area contributed by atoms with E-state index in [-0.39, 0.29) is 5.78 Å². The monoisotopic (exact) mass is 556 g/mol. The van der Waals surface area contributed by atoms with Crippen LogP contribution in [0.15, 0.2) is 71.7 Å². The summed E-state index contributed by atoms with van der Waals surface area (Å²) in [6.45, 7) is 4.20. The Morgan fingerprint density at radius 3 is 1.83 bits per heavy atom. The van der Waals surface area contributed by atoms with Crippen LogP contribution in [-0.2, 0) is 18.0 Å². The molecule has 0 radical (unpaired) electrons. The third-order valence-corrected chi connectivity index (χ3v) is 8.57. The van der Waals surface area contributed by atoms with Crippen LogP contribution in [-0.4, -0.2) is 57.3 Å². The normalized spacial score (nSPS) is 20.0. The van der Waals surface area contributed by atoms with E-state index >= 15 is 0 Å². The zero-order valence-corrected chi connectivity index (χ0v) is 24.4. The summed E-state index contributed by atoms with van der Waals surface area (Å²) < 4.78 is 23.0. The summed E-state index contributed by atoms with van der Waals surface area (Å²) in [5, 5.41) is 0. The summed E-state index contributed by atoms with van der Waals surface area (Å²) in [6, 6.07) is 21.2. The van der Waals surface area contributed by atoms with Crippen molar-refractivity contribution < 1.29 is 23.7 Å². The van der Waals surface area contributed by atoms with E-state index in [1.807, 2.05) is 66.7 Å². The summed E-state index contributed by atoms with van der Waals surface area (Å²) in [5.74, 6) is 2.85. The molecule has 7 nitrogen and oxygen atoms in total. The zero-order valence-electron chi connectivity index (χ0n) is 24.4. The number of methoxy groups -OCH3 is 2. The highest BCUT2D eigenvalue weighted by Crippen LogP contribution is 2.43. The third kappa shape index (κ3) is 7.09. The topological polar surface area (TPSA) is 69.6 Å². The Kier molecular flexibility index (Phi) is 9.24. The van der Waals surface area contributed by atoms with E-state index in [0.29, 0.717) is 42.3 Å². The first-order chi connectivity index (χ1) is 20.0. The second-order valence-electron chi connectivity index (χ2n) is 11.0. The van der Waals surface area contributed by atoms with E-state index in [1.165, 1.54) is 19.3 Å². The largest absolute Gasteiger partial charge is 0.497 e. The maximum Gasteiger partial charge on any atom is 0.181 e. The van der Waals surface area contributed by atoms with Crippen LogP contribution in [0, 0.1) is 5.41 Å². The lowest BCUT2D eigenvalue weighted by molar-refractivity contribution is -0.114. The van der Waals surface area contributed by atoms with Gasteiger partial charge in [0.05, 0.1) is 14.2 Å². The summed E-state index contributed by atoms with van der Waals surface area (Å²) in [4.78, 5) is 20.4. The second-order valence-corrected chi connectivity index (χ2v) is 11.0. The molecule has 0 aromatic heterocycles. The Morgan fingerprint density at radius 1 is 0.780 bits per heavy atom. The molecule has 3 aliphatic heterocycles. The maximum absolute atomic E-state index is 13.5. The van der Waals surface area contributed by atoms with Gasteiger partial charge in [0.1, 0.15) is 30.4 Å². The van der Waals surface area contributed by atoms with Crippen molar-refractivity contribution in [3.63, 3.8) is 0 Å². The summed E-state index contributed by atoms with van der Waals surface area (Å²) in [5.41, 5.74) is 3.56. The number of carbonyl (C=O) groups excluding carboxylic acids is 1. The molecule has 41 heavy (non-hydrogen) atoms. The van der Waals surface area contributed by atoms with Crippen molar-refractivity contribution in [1.82, 2.24) is 4.90 Å². The molecule has 0 spiro atoms. The smallest absolute Gasteiger partial charge is 0.181 e. The predicted octanol–water partition coefficient (Wildman–Crippen LogP) is 6.12. The first-order valence-electron chi connectivity index (χ1n) is 14.4. The number of ether oxygens (including phenoxy) is 4. The van der Waals surface area contributed by atoms with Crippen molar-refractivity contribution in [2.75, 3.05) is 40.9 Å². The quantitative estimate of drug-likeness (QED) is 0.237. The number of rotatable bonds is 13. The number of nitrogens with zero attached hydrogens (tertiary/aromatic N) is 2. The molecule has 0 saturated carbocycles. The number of ketones is 1. The van der Waals surface area contributed by atoms with Crippen LogP contribution in [0.5, 0.6) is 23.0 Å². The van der Waals surface area contributed by atoms with Crippen LogP contribution in [0.2, 0.25) is 0 Å². The highest BCUT2D eigenvalue weighted by molar-refractivity contribution is 6.46. The van der Waals surface area contributed by atoms with Crippen molar-refractivity contribution in [2.24, 2.45) is 10.4 Å². The molecule has 0 aliphatic carbocycles. The molecule has 3 saturated heterocycles. The van der Waals surface area contributed by atoms with Gasteiger partial charge in [-0.25, -0.2) is 0 Å². The van der Waals surface area contributed by atoms with Crippen molar-refractivity contribution in [1.29, 1.82) is 0 Å². The van der Waals surface area contributed by atoms with Gasteiger partial charge in [0.25, 0.3) is 0 Å². The molecular weight excluding hydrogens is 516 g/mol. The van der Waals surface area contributed by atoms with Crippen LogP contribution >= 0.6 is 0 Å². The van der Waals surface area contributed by atoms with E-state index in [4.69, 9.17) is 18.9 Å². The molecular formula is C34H40N2O5. The molecule has 3 heterocycles. The molecule has 3 aromatic rings. The minimum Gasteiger partial charge on any atom is -0.497 e. The highest BCUT2D eigenvalue weighted by atomic mass is 16.5. The molecule has 3 fully saturated rings. The van der Waals surface area contributed by atoms with Crippen LogP contribution in [0.4, 0.5) is 0 Å². The Morgan fingerprint density at radius 2 is 1.32 bits per heavy atom. The number of piperidine rings is 3. The number of hydrogen-bond donors (Lipinski definition) is 0. The van der Waals surface area contributed by atoms with Gasteiger partial charge < -0.3 is 23.8 Å². The molecule has 2 bridgehead atoms. The van der Waals surface area contributed by atoms with E-state index in [9.17, 15) is 4.79 Å². The van der Waals surface area contributed by atoms with Crippen molar-refractivity contribution >= 4 is 11.5 Å². The number of carbonyl (C=O) groups is 1. The minimum absolute atomic E-state index is 0.0860. The van der Waals surface area contributed by atoms with Crippen molar-refractivity contribution in [2.45, 2.75) is 45.3 Å². The Balaban J connectivity index is 1.32. The third-order valence-electron chi connectivity index (χ3n) is 8.57. The van der Waals surface area contributed by atoms with Crippen LogP contribution < -0.4 is 18.9 Å². The average molecular weight is 557 g/mol. The maximum atomic E-state index is 13.5. The Labute approximate surface area is 243 Å². The van der Waals surface area contributed by atoms with Crippen molar-refractivity contribution in [3.8, 4) is 23.0 Å². The molecule has 6 rings (SSSR count). The van der Waals surface area contributed by atoms with Gasteiger partial charge >= 0.3 is 0 Å². The van der Waals surface area contributed by atoms with Gasteiger partial charge in [-0.15, -0.1) is 0 Å². The predicted molar refractivity (Wildman–Crippen MR) is 161 cm³/mol. The average Bonchev–Trinajstić information content (AvgIpc) is 3.04. The molecule has 0 N–H and O–H groups in total. The van der Waals surface area contributed by atoms with Gasteiger partial charge in [0.2, 0.25) is 0 Å². The van der Waals surface area contributed by atoms with Gasteiger partial charge in [-0.2, -0.15) is 0 Å². The fraction of sp³-hybridized carbons (Fsp3) is 0.412. The Hall–Kier alpha value is -3.84. The Bertz CT molecular complexity index is 1330. The van der Waals surface area contributed by atoms with Crippen LogP contribution in [0.25, 0.3) is 0 Å². The number of fused-ring (bicyclic) bond motifs is 3. The van der Waals surface area contributed by atoms with Gasteiger partial charge in [-0.1, -0.05) is 24.3 Å². The van der Waals surface area contributed by atoms with Gasteiger partial charge in [-0.3, -0.25) is 9.79 Å². The molecule has 0 amide bonds. The lowest BCUT2D eigenvalue weighted by Crippen LogP contribution is -2.48. The van der Waals surface area contributed by atoms with Gasteiger partial charge in [0, 0.05) is 19.0 Å². The lowest BCUT2D eigenvalue weighted by Gasteiger charge is -2.48. The molecule has 3 aliphatic rings. The van der Waals surface area contributed by atoms with E-state index in [0.717, 1.165) is 54.2 Å². The minimum atomic E-state index is 0.0860. The SMILES string of the molecule is C/N=C(\C(=O)CCC12CCN(CC1)CC2)c1ccc(OCc2ccc(OC)cc2)c(OCc2ccc(OC)cc2)c1. The zero-order chi connectivity index (χ0) is 28.7. The van der Waals surface area contributed by atoms with Gasteiger partial charge in [0.15, 0.2) is 17.3 Å². The highest BCUT2D eigenvalue weighted by Gasteiger charge is 2.39. The summed E-state index contributed by atoms with van der Waals surface area (Å²) in [6.07, 6.45) is 5.04. The number of Topliss-reactive ketones (excluding diaryl/α,β-unsaturated/α-hetero) is 1. The van der Waals surface area contributed by atoms with Crippen LogP contribution in [0.1, 0.15) is 48.8 Å². The second kappa shape index (κ2) is 13.2. The summed E-state index contributed by atoms with van der Waals surface area (Å²) >= 11 is 0. The molecule has 7 heteroatoms. The molecule has 216 valence electrons. The van der Waals surface area contributed by atoms with E-state index in [2.05, 4.69) is 9.89 Å². The lowest BCUT2D eigenvalue weighted by atomic mass is 9.69. The van der Waals surface area contributed by atoms with E-state index in [1.54, 1.807) is 21.3 Å². The number of aliphatic imine (C=N–C) groups is 1. The first kappa shape index (κ1) is 28.7. The standard InChI is InChI=1S/C34H40N2O5/c1-35-33(30(37)14-15-34-16-19-36(20-17-34)21-18-34)27-8-13-31(40-23-25-4-9-28(38-2)10-5-25)32(22-27)41-24-26-6-11-29(39-3)12-7-26/h4-13,22H,14-21,23-24H2,1-3H3/b35-33-. The van der Waals surface area contributed by atoms with E-state index < -0.39 is 0 Å². The number of benzene rings is 3. The fourth-order valence-electron chi connectivity index (χ4n) is 5.84. The number of hydrogen-bond acceptors (Lipinski definition) is 7.